The van der Waals surface area contributed by atoms with Crippen molar-refractivity contribution in [3.63, 3.8) is 0 Å². The van der Waals surface area contributed by atoms with Gasteiger partial charge in [0.05, 0.1) is 0 Å². The lowest BCUT2D eigenvalue weighted by Crippen LogP contribution is -1.86. The van der Waals surface area contributed by atoms with E-state index in [-0.39, 0.29) is 0 Å². The molecule has 0 saturated heterocycles. The first-order valence-corrected chi connectivity index (χ1v) is 7.13. The Kier molecular flexibility index (Phi) is 4.36. The summed E-state index contributed by atoms with van der Waals surface area (Å²) in [5, 5.41) is 0.856. The van der Waals surface area contributed by atoms with Gasteiger partial charge < -0.3 is 0 Å². The Morgan fingerprint density at radius 2 is 1.88 bits per heavy atom. The van der Waals surface area contributed by atoms with E-state index in [1.807, 2.05) is 24.3 Å². The number of hydrogen-bond donors (Lipinski definition) is 0. The van der Waals surface area contributed by atoms with Gasteiger partial charge in [-0.1, -0.05) is 27.7 Å². The first kappa shape index (κ1) is 12.8. The second-order valence-electron chi connectivity index (χ2n) is 3.22. The monoisotopic (exact) mass is 371 g/mol. The van der Waals surface area contributed by atoms with Gasteiger partial charge >= 0.3 is 0 Å². The van der Waals surface area contributed by atoms with Gasteiger partial charge in [-0.2, -0.15) is 0 Å². The lowest BCUT2D eigenvalue weighted by molar-refractivity contribution is 0.112. The van der Waals surface area contributed by atoms with Gasteiger partial charge in [-0.15, -0.1) is 0 Å². The zero-order chi connectivity index (χ0) is 12.3. The molecule has 2 aromatic rings. The first-order chi connectivity index (χ1) is 8.19. The summed E-state index contributed by atoms with van der Waals surface area (Å²) in [5.41, 5.74) is 0.669. The summed E-state index contributed by atoms with van der Waals surface area (Å²) in [6.07, 6.45) is 2.59. The summed E-state index contributed by atoms with van der Waals surface area (Å²) in [5.74, 6) is 0. The van der Waals surface area contributed by atoms with E-state index in [0.29, 0.717) is 5.56 Å². The van der Waals surface area contributed by atoms with E-state index in [4.69, 9.17) is 0 Å². The summed E-state index contributed by atoms with van der Waals surface area (Å²) in [4.78, 5) is 16.1. The Bertz CT molecular complexity index is 543. The smallest absolute Gasteiger partial charge is 0.151 e. The van der Waals surface area contributed by atoms with E-state index >= 15 is 0 Å². The normalized spacial score (nSPS) is 10.2. The van der Waals surface area contributed by atoms with Crippen molar-refractivity contribution in [2.75, 3.05) is 0 Å². The van der Waals surface area contributed by atoms with E-state index in [2.05, 4.69) is 36.8 Å². The summed E-state index contributed by atoms with van der Waals surface area (Å²) < 4.78 is 1.88. The summed E-state index contributed by atoms with van der Waals surface area (Å²) >= 11 is 8.20. The van der Waals surface area contributed by atoms with Crippen LogP contribution < -0.4 is 0 Å². The van der Waals surface area contributed by atoms with Gasteiger partial charge in [0.1, 0.15) is 5.03 Å². The minimum Gasteiger partial charge on any atom is -0.298 e. The average molecular weight is 373 g/mol. The van der Waals surface area contributed by atoms with E-state index < -0.39 is 0 Å². The highest BCUT2D eigenvalue weighted by Gasteiger charge is 2.05. The van der Waals surface area contributed by atoms with Crippen molar-refractivity contribution in [2.24, 2.45) is 0 Å². The molecular formula is C12H7Br2NOS. The predicted molar refractivity (Wildman–Crippen MR) is 75.6 cm³/mol. The number of hydrogen-bond acceptors (Lipinski definition) is 3. The van der Waals surface area contributed by atoms with Crippen LogP contribution in [0.4, 0.5) is 0 Å². The molecule has 17 heavy (non-hydrogen) atoms. The molecule has 0 aliphatic rings. The molecule has 1 heterocycles. The van der Waals surface area contributed by atoms with Gasteiger partial charge in [-0.25, -0.2) is 4.98 Å². The minimum absolute atomic E-state index is 0.669. The number of carbonyl (C=O) groups excluding carboxylic acids is 1. The van der Waals surface area contributed by atoms with Crippen molar-refractivity contribution >= 4 is 49.9 Å². The molecule has 0 amide bonds. The van der Waals surface area contributed by atoms with Crippen LogP contribution in [-0.4, -0.2) is 11.3 Å². The lowest BCUT2D eigenvalue weighted by atomic mass is 10.2. The molecule has 1 aromatic carbocycles. The fourth-order valence-electron chi connectivity index (χ4n) is 1.23. The number of benzene rings is 1. The molecule has 0 unspecified atom stereocenters. The lowest BCUT2D eigenvalue weighted by Gasteiger charge is -2.04. The van der Waals surface area contributed by atoms with Gasteiger partial charge in [0.15, 0.2) is 6.29 Å². The molecule has 0 fully saturated rings. The van der Waals surface area contributed by atoms with Crippen molar-refractivity contribution in [3.8, 4) is 0 Å². The molecule has 0 bridgehead atoms. The number of nitrogens with zero attached hydrogens (tertiary/aromatic N) is 1. The summed E-state index contributed by atoms with van der Waals surface area (Å²) in [6.45, 7) is 0. The van der Waals surface area contributed by atoms with Crippen molar-refractivity contribution in [1.29, 1.82) is 0 Å². The van der Waals surface area contributed by atoms with Gasteiger partial charge in [-0.3, -0.25) is 4.79 Å². The fraction of sp³-hybridized carbons (Fsp3) is 0. The van der Waals surface area contributed by atoms with Crippen LogP contribution in [0.5, 0.6) is 0 Å². The van der Waals surface area contributed by atoms with Crippen LogP contribution in [0.3, 0.4) is 0 Å². The van der Waals surface area contributed by atoms with Crippen LogP contribution >= 0.6 is 43.6 Å². The molecule has 2 nitrogen and oxygen atoms in total. The van der Waals surface area contributed by atoms with Crippen molar-refractivity contribution in [3.05, 3.63) is 51.0 Å². The molecule has 1 aromatic heterocycles. The molecule has 5 heteroatoms. The molecule has 0 N–H and O–H groups in total. The Balaban J connectivity index is 2.31. The van der Waals surface area contributed by atoms with Gasteiger partial charge in [0.25, 0.3) is 0 Å². The Labute approximate surface area is 120 Å². The van der Waals surface area contributed by atoms with Gasteiger partial charge in [0, 0.05) is 25.6 Å². The molecular weight excluding hydrogens is 366 g/mol. The van der Waals surface area contributed by atoms with Crippen LogP contribution in [-0.2, 0) is 0 Å². The Morgan fingerprint density at radius 3 is 2.53 bits per heavy atom. The SMILES string of the molecule is O=Cc1ccc(Br)cc1Sc1ccc(Br)cn1. The molecule has 0 saturated carbocycles. The quantitative estimate of drug-likeness (QED) is 0.739. The Hall–Kier alpha value is -0.650. The molecule has 2 rings (SSSR count). The molecule has 0 radical (unpaired) electrons. The van der Waals surface area contributed by atoms with E-state index in [9.17, 15) is 4.79 Å². The topological polar surface area (TPSA) is 30.0 Å². The second kappa shape index (κ2) is 5.80. The number of rotatable bonds is 3. The van der Waals surface area contributed by atoms with Crippen LogP contribution in [0.1, 0.15) is 10.4 Å². The number of carbonyl (C=O) groups is 1. The van der Waals surface area contributed by atoms with Gasteiger partial charge in [0.2, 0.25) is 0 Å². The standard InChI is InChI=1S/C12H7Br2NOS/c13-9-2-1-8(7-16)11(5-9)17-12-4-3-10(14)6-15-12/h1-7H. The third-order valence-electron chi connectivity index (χ3n) is 2.02. The maximum Gasteiger partial charge on any atom is 0.151 e. The average Bonchev–Trinajstić information content (AvgIpc) is 2.32. The maximum absolute atomic E-state index is 10.9. The van der Waals surface area contributed by atoms with Crippen LogP contribution in [0.2, 0.25) is 0 Å². The highest BCUT2D eigenvalue weighted by atomic mass is 79.9. The van der Waals surface area contributed by atoms with Crippen LogP contribution in [0, 0.1) is 0 Å². The van der Waals surface area contributed by atoms with Gasteiger partial charge in [-0.05, 0) is 46.3 Å². The number of aldehydes is 1. The van der Waals surface area contributed by atoms with E-state index in [0.717, 1.165) is 25.2 Å². The molecule has 0 atom stereocenters. The van der Waals surface area contributed by atoms with Crippen LogP contribution in [0.15, 0.2) is 55.4 Å². The number of halogens is 2. The van der Waals surface area contributed by atoms with E-state index in [1.54, 1.807) is 12.3 Å². The molecule has 86 valence electrons. The summed E-state index contributed by atoms with van der Waals surface area (Å²) in [6, 6.07) is 9.39. The number of pyridine rings is 1. The zero-order valence-electron chi connectivity index (χ0n) is 8.56. The predicted octanol–water partition coefficient (Wildman–Crippen LogP) is 4.57. The highest BCUT2D eigenvalue weighted by Crippen LogP contribution is 2.31. The third-order valence-corrected chi connectivity index (χ3v) is 4.00. The van der Waals surface area contributed by atoms with Crippen LogP contribution in [0.25, 0.3) is 0 Å². The molecule has 0 aliphatic carbocycles. The first-order valence-electron chi connectivity index (χ1n) is 4.73. The number of aromatic nitrogens is 1. The second-order valence-corrected chi connectivity index (χ2v) is 6.11. The Morgan fingerprint density at radius 1 is 1.12 bits per heavy atom. The van der Waals surface area contributed by atoms with E-state index in [1.165, 1.54) is 11.8 Å². The fourth-order valence-corrected chi connectivity index (χ4v) is 2.86. The van der Waals surface area contributed by atoms with Crippen molar-refractivity contribution < 1.29 is 4.79 Å². The minimum atomic E-state index is 0.669. The van der Waals surface area contributed by atoms with Crippen molar-refractivity contribution in [1.82, 2.24) is 4.98 Å². The molecule has 0 spiro atoms. The maximum atomic E-state index is 10.9. The molecule has 0 aliphatic heterocycles. The highest BCUT2D eigenvalue weighted by molar-refractivity contribution is 9.10. The zero-order valence-corrected chi connectivity index (χ0v) is 12.5. The summed E-state index contributed by atoms with van der Waals surface area (Å²) in [7, 11) is 0. The van der Waals surface area contributed by atoms with Crippen molar-refractivity contribution in [2.45, 2.75) is 9.92 Å². The largest absolute Gasteiger partial charge is 0.298 e. The third kappa shape index (κ3) is 3.40.